The average Bonchev–Trinajstić information content (AvgIpc) is 2.77. The van der Waals surface area contributed by atoms with Crippen LogP contribution in [-0.4, -0.2) is 54.5 Å². The predicted molar refractivity (Wildman–Crippen MR) is 116 cm³/mol. The zero-order valence-electron chi connectivity index (χ0n) is 19.1. The molecule has 2 aromatic carbocycles. The van der Waals surface area contributed by atoms with E-state index in [0.717, 1.165) is 18.4 Å². The van der Waals surface area contributed by atoms with Crippen LogP contribution in [0.4, 0.5) is 31.1 Å². The fourth-order valence-electron chi connectivity index (χ4n) is 4.45. The first-order chi connectivity index (χ1) is 15.8. The monoisotopic (exact) mass is 487 g/mol. The Morgan fingerprint density at radius 2 is 1.50 bits per heavy atom. The third-order valence-corrected chi connectivity index (χ3v) is 6.04. The second-order valence-corrected chi connectivity index (χ2v) is 8.77. The van der Waals surface area contributed by atoms with Crippen LogP contribution in [0.5, 0.6) is 0 Å². The van der Waals surface area contributed by atoms with Gasteiger partial charge in [0, 0.05) is 26.2 Å². The number of carbonyl (C=O) groups is 1. The number of urea groups is 1. The molecule has 0 aromatic heterocycles. The number of likely N-dealkylation sites (tertiary alicyclic amines) is 1. The molecule has 3 rings (SSSR count). The van der Waals surface area contributed by atoms with Gasteiger partial charge >= 0.3 is 18.4 Å². The van der Waals surface area contributed by atoms with Gasteiger partial charge in [-0.2, -0.15) is 26.3 Å². The van der Waals surface area contributed by atoms with Crippen LogP contribution in [0.3, 0.4) is 0 Å². The Bertz CT molecular complexity index is 958. The van der Waals surface area contributed by atoms with Crippen LogP contribution in [0, 0.1) is 0 Å². The molecule has 0 aliphatic carbocycles. The summed E-state index contributed by atoms with van der Waals surface area (Å²) in [6, 6.07) is 10.1. The van der Waals surface area contributed by atoms with E-state index in [0.29, 0.717) is 18.7 Å². The summed E-state index contributed by atoms with van der Waals surface area (Å²) >= 11 is 0. The van der Waals surface area contributed by atoms with Crippen molar-refractivity contribution in [1.82, 2.24) is 14.7 Å². The smallest absolute Gasteiger partial charge is 0.323 e. The lowest BCUT2D eigenvalue weighted by molar-refractivity contribution is -0.143. The molecule has 10 heteroatoms. The molecule has 0 saturated carbocycles. The van der Waals surface area contributed by atoms with Crippen molar-refractivity contribution in [3.63, 3.8) is 0 Å². The van der Waals surface area contributed by atoms with E-state index >= 15 is 0 Å². The van der Waals surface area contributed by atoms with Crippen molar-refractivity contribution < 1.29 is 31.1 Å². The SMILES string of the molecule is CN(Cc1cc(C(F)(F)F)cc(C(F)(F)F)c1)C(=O)N1CCC[C@@H](N(C)C)[C@H]1c1ccccc1. The lowest BCUT2D eigenvalue weighted by Gasteiger charge is -2.45. The number of piperidine rings is 1. The van der Waals surface area contributed by atoms with Gasteiger partial charge in [-0.05, 0) is 56.3 Å². The third-order valence-electron chi connectivity index (χ3n) is 6.04. The van der Waals surface area contributed by atoms with Gasteiger partial charge in [0.25, 0.3) is 0 Å². The number of likely N-dealkylation sites (N-methyl/N-ethyl adjacent to an activating group) is 1. The molecule has 2 amide bonds. The lowest BCUT2D eigenvalue weighted by atomic mass is 9.89. The summed E-state index contributed by atoms with van der Waals surface area (Å²) in [5, 5.41) is 0. The molecule has 0 spiro atoms. The quantitative estimate of drug-likeness (QED) is 0.492. The number of rotatable bonds is 4. The minimum atomic E-state index is -4.94. The summed E-state index contributed by atoms with van der Waals surface area (Å²) in [5.74, 6) is 0. The highest BCUT2D eigenvalue weighted by atomic mass is 19.4. The van der Waals surface area contributed by atoms with Crippen molar-refractivity contribution in [3.8, 4) is 0 Å². The molecule has 0 N–H and O–H groups in total. The molecule has 34 heavy (non-hydrogen) atoms. The van der Waals surface area contributed by atoms with E-state index in [1.807, 2.05) is 49.3 Å². The summed E-state index contributed by atoms with van der Waals surface area (Å²) in [4.78, 5) is 18.3. The second kappa shape index (κ2) is 9.85. The van der Waals surface area contributed by atoms with Gasteiger partial charge in [0.15, 0.2) is 0 Å². The molecular formula is C24H27F6N3O. The highest BCUT2D eigenvalue weighted by Crippen LogP contribution is 2.37. The first kappa shape index (κ1) is 25.9. The molecule has 1 saturated heterocycles. The molecule has 1 heterocycles. The third kappa shape index (κ3) is 5.84. The van der Waals surface area contributed by atoms with Crippen molar-refractivity contribution in [3.05, 3.63) is 70.8 Å². The van der Waals surface area contributed by atoms with Gasteiger partial charge in [-0.15, -0.1) is 0 Å². The molecule has 2 atom stereocenters. The van der Waals surface area contributed by atoms with Gasteiger partial charge in [0.2, 0.25) is 0 Å². The molecule has 186 valence electrons. The van der Waals surface area contributed by atoms with E-state index in [-0.39, 0.29) is 23.7 Å². The minimum Gasteiger partial charge on any atom is -0.323 e. The normalized spacial score (nSPS) is 19.4. The number of benzene rings is 2. The molecule has 1 aliphatic heterocycles. The number of hydrogen-bond acceptors (Lipinski definition) is 2. The van der Waals surface area contributed by atoms with Crippen LogP contribution >= 0.6 is 0 Å². The van der Waals surface area contributed by atoms with Crippen LogP contribution in [0.15, 0.2) is 48.5 Å². The highest BCUT2D eigenvalue weighted by molar-refractivity contribution is 5.75. The standard InChI is InChI=1S/C24H27F6N3O/c1-31(2)20-10-7-11-33(21(20)17-8-5-4-6-9-17)22(34)32(3)15-16-12-18(23(25,26)27)14-19(13-16)24(28,29)30/h4-6,8-9,12-14,20-21H,7,10-11,15H2,1-3H3/t20-,21-/m1/s1. The number of hydrogen-bond donors (Lipinski definition) is 0. The summed E-state index contributed by atoms with van der Waals surface area (Å²) in [7, 11) is 5.22. The van der Waals surface area contributed by atoms with E-state index in [9.17, 15) is 31.1 Å². The minimum absolute atomic E-state index is 0.0129. The molecule has 2 aromatic rings. The van der Waals surface area contributed by atoms with Gasteiger partial charge in [-0.3, -0.25) is 0 Å². The van der Waals surface area contributed by atoms with Crippen molar-refractivity contribution in [2.45, 2.75) is 43.8 Å². The van der Waals surface area contributed by atoms with Crippen molar-refractivity contribution >= 4 is 6.03 Å². The first-order valence-electron chi connectivity index (χ1n) is 10.8. The van der Waals surface area contributed by atoms with Crippen LogP contribution in [0.25, 0.3) is 0 Å². The second-order valence-electron chi connectivity index (χ2n) is 8.77. The number of carbonyl (C=O) groups excluding carboxylic acids is 1. The highest BCUT2D eigenvalue weighted by Gasteiger charge is 2.39. The zero-order chi connectivity index (χ0) is 25.3. The Kier molecular flexibility index (Phi) is 7.50. The van der Waals surface area contributed by atoms with E-state index in [4.69, 9.17) is 0 Å². The van der Waals surface area contributed by atoms with Gasteiger partial charge in [-0.1, -0.05) is 30.3 Å². The lowest BCUT2D eigenvalue weighted by Crippen LogP contribution is -2.53. The molecule has 0 bridgehead atoms. The number of nitrogens with zero attached hydrogens (tertiary/aromatic N) is 3. The van der Waals surface area contributed by atoms with Crippen LogP contribution in [0.1, 0.15) is 41.1 Å². The van der Waals surface area contributed by atoms with E-state index in [2.05, 4.69) is 0 Å². The Balaban J connectivity index is 1.91. The van der Waals surface area contributed by atoms with Gasteiger partial charge < -0.3 is 14.7 Å². The molecule has 4 nitrogen and oxygen atoms in total. The van der Waals surface area contributed by atoms with Crippen LogP contribution < -0.4 is 0 Å². The van der Waals surface area contributed by atoms with E-state index in [1.165, 1.54) is 11.9 Å². The molecular weight excluding hydrogens is 460 g/mol. The average molecular weight is 487 g/mol. The summed E-state index contributed by atoms with van der Waals surface area (Å²) in [5.41, 5.74) is -2.12. The fourth-order valence-corrected chi connectivity index (χ4v) is 4.45. The molecule has 0 unspecified atom stereocenters. The summed E-state index contributed by atoms with van der Waals surface area (Å²) < 4.78 is 79.3. The summed E-state index contributed by atoms with van der Waals surface area (Å²) in [6.07, 6.45) is -8.30. The Morgan fingerprint density at radius 1 is 0.941 bits per heavy atom. The summed E-state index contributed by atoms with van der Waals surface area (Å²) in [6.45, 7) is 0.0416. The van der Waals surface area contributed by atoms with Crippen molar-refractivity contribution in [2.24, 2.45) is 0 Å². The van der Waals surface area contributed by atoms with Crippen LogP contribution in [0.2, 0.25) is 0 Å². The van der Waals surface area contributed by atoms with Crippen molar-refractivity contribution in [1.29, 1.82) is 0 Å². The van der Waals surface area contributed by atoms with Crippen molar-refractivity contribution in [2.75, 3.05) is 27.7 Å². The zero-order valence-corrected chi connectivity index (χ0v) is 19.1. The van der Waals surface area contributed by atoms with Gasteiger partial charge in [0.1, 0.15) is 0 Å². The fraction of sp³-hybridized carbons (Fsp3) is 0.458. The predicted octanol–water partition coefficient (Wildman–Crippen LogP) is 6.04. The number of halogens is 6. The Hall–Kier alpha value is -2.75. The largest absolute Gasteiger partial charge is 0.416 e. The van der Waals surface area contributed by atoms with E-state index < -0.39 is 36.1 Å². The number of alkyl halides is 6. The van der Waals surface area contributed by atoms with Gasteiger partial charge in [0.05, 0.1) is 17.2 Å². The Morgan fingerprint density at radius 3 is 2.00 bits per heavy atom. The maximum absolute atomic E-state index is 13.4. The molecule has 0 radical (unpaired) electrons. The first-order valence-corrected chi connectivity index (χ1v) is 10.8. The maximum Gasteiger partial charge on any atom is 0.416 e. The van der Waals surface area contributed by atoms with Crippen LogP contribution in [-0.2, 0) is 18.9 Å². The van der Waals surface area contributed by atoms with E-state index in [1.54, 1.807) is 4.90 Å². The maximum atomic E-state index is 13.4. The number of amides is 2. The molecule has 1 fully saturated rings. The molecule has 1 aliphatic rings. The Labute approximate surface area is 194 Å². The van der Waals surface area contributed by atoms with Gasteiger partial charge in [-0.25, -0.2) is 4.79 Å². The topological polar surface area (TPSA) is 26.8 Å².